The maximum Gasteiger partial charge on any atom is 3.00 e. The maximum atomic E-state index is 10.7. The van der Waals surface area contributed by atoms with Crippen molar-refractivity contribution in [2.75, 3.05) is 0 Å². The molecule has 248 valence electrons. The molecule has 4 nitrogen and oxygen atoms in total. The fourth-order valence-corrected chi connectivity index (χ4v) is 4.79. The third-order valence-corrected chi connectivity index (χ3v) is 9.14. The van der Waals surface area contributed by atoms with Gasteiger partial charge in [-0.1, -0.05) is 96.9 Å². The topological polar surface area (TPSA) is 88.7 Å². The van der Waals surface area contributed by atoms with E-state index in [9.17, 15) is 13.2 Å². The smallest absolute Gasteiger partial charge is 3.00 e. The number of rotatable bonds is 0. The standard InChI is InChI=1S/2C10H20.2C3H8S.CHF3O3S.ClH.H2O.2Ru/c2*1-6-7(2)9(4)10(5)8(6)3;2*1-3(2)4;2-1(3,4)8(5,6)7;;;;/h2*6-10H,1-5H3;2*3-4H,1-2H3;(H,5,6,7);1H;1H2;;/q;;;;;;;2*+3/p-4. The molecule has 0 spiro atoms. The molecule has 0 heterocycles. The number of hydrogen-bond donors (Lipinski definition) is 0. The number of alkyl halides is 3. The van der Waals surface area contributed by atoms with Gasteiger partial charge in [-0.2, -0.15) is 23.7 Å². The summed E-state index contributed by atoms with van der Waals surface area (Å²) in [6, 6.07) is 0. The zero-order chi connectivity index (χ0) is 31.9. The minimum absolute atomic E-state index is 0. The van der Waals surface area contributed by atoms with Crippen LogP contribution in [-0.2, 0) is 72.2 Å². The summed E-state index contributed by atoms with van der Waals surface area (Å²) in [6.07, 6.45) is 0. The Balaban J connectivity index is -0.0000000917. The van der Waals surface area contributed by atoms with Crippen LogP contribution in [0.1, 0.15) is 96.9 Å². The van der Waals surface area contributed by atoms with Crippen LogP contribution >= 0.6 is 9.69 Å². The van der Waals surface area contributed by atoms with Crippen molar-refractivity contribution in [3.8, 4) is 0 Å². The molecule has 0 aliphatic heterocycles. The van der Waals surface area contributed by atoms with Gasteiger partial charge in [0.05, 0.1) is 0 Å². The Morgan fingerprint density at radius 2 is 0.650 bits per heavy atom. The normalized spacial score (nSPS) is 32.5. The van der Waals surface area contributed by atoms with Crippen molar-refractivity contribution in [1.82, 2.24) is 0 Å². The monoisotopic (exact) mass is 836 g/mol. The molecular formula is C27H56ClF3O4Ru2S3+2. The van der Waals surface area contributed by atoms with E-state index in [1.807, 2.05) is 45.0 Å². The predicted octanol–water partition coefficient (Wildman–Crippen LogP) is 8.16. The molecule has 0 atom stereocenters. The molecule has 2 aliphatic carbocycles. The van der Waals surface area contributed by atoms with Gasteiger partial charge in [0.15, 0.2) is 10.1 Å². The summed E-state index contributed by atoms with van der Waals surface area (Å²) in [7, 11) is -1.52. The molecule has 1 radical (unpaired) electrons. The second-order valence-corrected chi connectivity index (χ2v) is 14.8. The fourth-order valence-electron chi connectivity index (χ4n) is 4.79. The van der Waals surface area contributed by atoms with Crippen molar-refractivity contribution in [3.63, 3.8) is 0 Å². The SMILES string of the molecule is CC(C)[S-].CC(C)[S-].CC1C(C)C(C)C(C)C1C.CC1C(C)C(C)C(C)C1C.O.O=S(=O)([O-])C(F)(F)F.[Cl][Ru+2].[Ru+3]. The molecule has 2 fully saturated rings. The molecule has 0 saturated heterocycles. The largest absolute Gasteiger partial charge is 3.00 e. The summed E-state index contributed by atoms with van der Waals surface area (Å²) in [4.78, 5) is 0. The molecule has 40 heavy (non-hydrogen) atoms. The van der Waals surface area contributed by atoms with E-state index in [0.29, 0.717) is 10.5 Å². The van der Waals surface area contributed by atoms with Crippen molar-refractivity contribution in [3.05, 3.63) is 0 Å². The third kappa shape index (κ3) is 23.3. The average molecular weight is 836 g/mol. The zero-order valence-corrected chi connectivity index (χ0v) is 33.3. The first kappa shape index (κ1) is 54.4. The van der Waals surface area contributed by atoms with E-state index < -0.39 is 15.6 Å². The Morgan fingerprint density at radius 1 is 0.600 bits per heavy atom. The second kappa shape index (κ2) is 26.1. The van der Waals surface area contributed by atoms with Crippen LogP contribution in [-0.4, -0.2) is 34.5 Å². The average Bonchev–Trinajstić information content (AvgIpc) is 3.04. The van der Waals surface area contributed by atoms with E-state index >= 15 is 0 Å². The molecule has 2 saturated carbocycles. The van der Waals surface area contributed by atoms with Crippen LogP contribution in [0.15, 0.2) is 0 Å². The minimum atomic E-state index is -6.09. The van der Waals surface area contributed by atoms with Crippen molar-refractivity contribution in [1.29, 1.82) is 0 Å². The van der Waals surface area contributed by atoms with Gasteiger partial charge in [0.1, 0.15) is 0 Å². The van der Waals surface area contributed by atoms with E-state index in [0.717, 1.165) is 59.2 Å². The van der Waals surface area contributed by atoms with Gasteiger partial charge >= 0.3 is 52.0 Å². The maximum absolute atomic E-state index is 10.7. The van der Waals surface area contributed by atoms with Crippen molar-refractivity contribution < 1.29 is 68.4 Å². The van der Waals surface area contributed by atoms with Crippen molar-refractivity contribution in [2.24, 2.45) is 59.2 Å². The van der Waals surface area contributed by atoms with Gasteiger partial charge in [-0.3, -0.25) is 0 Å². The van der Waals surface area contributed by atoms with Gasteiger partial charge in [-0.15, -0.1) is 0 Å². The van der Waals surface area contributed by atoms with E-state index in [1.165, 1.54) is 0 Å². The summed E-state index contributed by atoms with van der Waals surface area (Å²) in [5.41, 5.74) is -5.65. The van der Waals surface area contributed by atoms with Crippen LogP contribution in [0, 0.1) is 59.2 Å². The number of halogens is 4. The van der Waals surface area contributed by atoms with Crippen LogP contribution in [0.5, 0.6) is 0 Å². The van der Waals surface area contributed by atoms with Crippen LogP contribution in [0.4, 0.5) is 13.2 Å². The third-order valence-electron chi connectivity index (χ3n) is 8.58. The zero-order valence-electron chi connectivity index (χ0n) is 26.6. The molecule has 13 heteroatoms. The van der Waals surface area contributed by atoms with E-state index in [2.05, 4.69) is 104 Å². The quantitative estimate of drug-likeness (QED) is 0.106. The molecule has 2 N–H and O–H groups in total. The van der Waals surface area contributed by atoms with E-state index in [4.69, 9.17) is 13.0 Å². The Hall–Kier alpha value is 1.90. The molecule has 2 rings (SSSR count). The summed E-state index contributed by atoms with van der Waals surface area (Å²) in [5, 5.41) is 0.833. The molecular weight excluding hydrogens is 779 g/mol. The van der Waals surface area contributed by atoms with Gasteiger partial charge < -0.3 is 35.3 Å². The van der Waals surface area contributed by atoms with Gasteiger partial charge in [-0.05, 0) is 59.2 Å². The van der Waals surface area contributed by atoms with Crippen molar-refractivity contribution in [2.45, 2.75) is 113 Å². The van der Waals surface area contributed by atoms with Crippen LogP contribution < -0.4 is 0 Å². The minimum Gasteiger partial charge on any atom is 3.00 e. The molecule has 0 aromatic heterocycles. The molecule has 0 unspecified atom stereocenters. The van der Waals surface area contributed by atoms with Crippen LogP contribution in [0.25, 0.3) is 0 Å². The van der Waals surface area contributed by atoms with Crippen LogP contribution in [0.3, 0.4) is 0 Å². The van der Waals surface area contributed by atoms with Gasteiger partial charge in [0.25, 0.3) is 0 Å². The molecule has 0 amide bonds. The second-order valence-electron chi connectivity index (χ2n) is 11.6. The Kier molecular flexibility index (Phi) is 35.5. The number of hydrogen-bond acceptors (Lipinski definition) is 5. The molecule has 0 aromatic carbocycles. The van der Waals surface area contributed by atoms with E-state index in [-0.39, 0.29) is 25.0 Å². The summed E-state index contributed by atoms with van der Waals surface area (Å²) < 4.78 is 58.9. The van der Waals surface area contributed by atoms with E-state index in [1.54, 1.807) is 0 Å². The predicted molar refractivity (Wildman–Crippen MR) is 162 cm³/mol. The summed E-state index contributed by atoms with van der Waals surface area (Å²) >= 11 is 11.1. The Bertz CT molecular complexity index is 559. The first-order valence-corrected chi connectivity index (χ1v) is 17.9. The van der Waals surface area contributed by atoms with Crippen molar-refractivity contribution >= 4 is 45.1 Å². The Labute approximate surface area is 283 Å². The first-order valence-electron chi connectivity index (χ1n) is 13.3. The first-order chi connectivity index (χ1) is 16.8. The van der Waals surface area contributed by atoms with Gasteiger partial charge in [-0.25, -0.2) is 8.42 Å². The molecule has 0 aromatic rings. The summed E-state index contributed by atoms with van der Waals surface area (Å²) in [6.45, 7) is 31.9. The molecule has 0 bridgehead atoms. The molecule has 2 aliphatic rings. The summed E-state index contributed by atoms with van der Waals surface area (Å²) in [5.74, 6) is 9.35. The van der Waals surface area contributed by atoms with Crippen LogP contribution in [0.2, 0.25) is 0 Å². The van der Waals surface area contributed by atoms with Gasteiger partial charge in [0.2, 0.25) is 0 Å². The fraction of sp³-hybridized carbons (Fsp3) is 1.00. The van der Waals surface area contributed by atoms with Gasteiger partial charge in [0, 0.05) is 0 Å². The Morgan fingerprint density at radius 3 is 0.675 bits per heavy atom.